The summed E-state index contributed by atoms with van der Waals surface area (Å²) in [5.74, 6) is -0.283. The maximum absolute atomic E-state index is 11.0. The molecule has 0 fully saturated rings. The molecule has 6 heteroatoms. The van der Waals surface area contributed by atoms with Crippen molar-refractivity contribution in [1.29, 1.82) is 5.26 Å². The van der Waals surface area contributed by atoms with Gasteiger partial charge in [0.1, 0.15) is 11.8 Å². The van der Waals surface area contributed by atoms with Gasteiger partial charge in [-0.1, -0.05) is 0 Å². The normalized spacial score (nSPS) is 10.9. The SMILES string of the molecule is COS(=O)(=O)Cc1ccc(C#N)cn1. The van der Waals surface area contributed by atoms with Crippen LogP contribution in [0.3, 0.4) is 0 Å². The maximum Gasteiger partial charge on any atom is 0.272 e. The molecular formula is C8H8N2O3S. The Morgan fingerprint density at radius 1 is 1.57 bits per heavy atom. The fourth-order valence-electron chi connectivity index (χ4n) is 0.816. The molecule has 0 amide bonds. The Bertz CT molecular complexity index is 444. The topological polar surface area (TPSA) is 80.0 Å². The van der Waals surface area contributed by atoms with Gasteiger partial charge in [-0.3, -0.25) is 9.17 Å². The second-order valence-corrected chi connectivity index (χ2v) is 4.26. The highest BCUT2D eigenvalue weighted by atomic mass is 32.2. The monoisotopic (exact) mass is 212 g/mol. The van der Waals surface area contributed by atoms with E-state index in [4.69, 9.17) is 5.26 Å². The first-order chi connectivity index (χ1) is 6.57. The molecule has 0 aliphatic heterocycles. The van der Waals surface area contributed by atoms with Crippen LogP contribution in [0.5, 0.6) is 0 Å². The Kier molecular flexibility index (Phi) is 3.17. The third-order valence-corrected chi connectivity index (χ3v) is 2.69. The molecule has 14 heavy (non-hydrogen) atoms. The second kappa shape index (κ2) is 4.17. The highest BCUT2D eigenvalue weighted by molar-refractivity contribution is 7.85. The molecule has 5 nitrogen and oxygen atoms in total. The summed E-state index contributed by atoms with van der Waals surface area (Å²) in [6.07, 6.45) is 1.32. The molecule has 0 aromatic carbocycles. The van der Waals surface area contributed by atoms with Gasteiger partial charge < -0.3 is 0 Å². The van der Waals surface area contributed by atoms with Crippen molar-refractivity contribution < 1.29 is 12.6 Å². The number of aromatic nitrogens is 1. The molecule has 1 aromatic rings. The summed E-state index contributed by atoms with van der Waals surface area (Å²) in [6, 6.07) is 4.88. The van der Waals surface area contributed by atoms with Crippen LogP contribution >= 0.6 is 0 Å². The lowest BCUT2D eigenvalue weighted by molar-refractivity contribution is 0.396. The zero-order chi connectivity index (χ0) is 10.6. The molecule has 0 radical (unpaired) electrons. The van der Waals surface area contributed by atoms with E-state index in [-0.39, 0.29) is 5.75 Å². The lowest BCUT2D eigenvalue weighted by Gasteiger charge is -2.00. The van der Waals surface area contributed by atoms with Crippen molar-refractivity contribution in [3.63, 3.8) is 0 Å². The van der Waals surface area contributed by atoms with Crippen molar-refractivity contribution >= 4 is 10.1 Å². The van der Waals surface area contributed by atoms with Crippen molar-refractivity contribution in [2.45, 2.75) is 5.75 Å². The number of nitriles is 1. The minimum Gasteiger partial charge on any atom is -0.273 e. The number of hydrogen-bond donors (Lipinski definition) is 0. The lowest BCUT2D eigenvalue weighted by Crippen LogP contribution is -2.06. The van der Waals surface area contributed by atoms with Crippen LogP contribution in [0, 0.1) is 11.3 Å². The van der Waals surface area contributed by atoms with Gasteiger partial charge in [0.2, 0.25) is 0 Å². The van der Waals surface area contributed by atoms with Gasteiger partial charge in [-0.15, -0.1) is 0 Å². The third-order valence-electron chi connectivity index (χ3n) is 1.53. The van der Waals surface area contributed by atoms with Crippen LogP contribution in [-0.2, 0) is 20.1 Å². The number of hydrogen-bond acceptors (Lipinski definition) is 5. The van der Waals surface area contributed by atoms with Gasteiger partial charge in [0.25, 0.3) is 10.1 Å². The van der Waals surface area contributed by atoms with Crippen molar-refractivity contribution in [2.24, 2.45) is 0 Å². The summed E-state index contributed by atoms with van der Waals surface area (Å²) in [7, 11) is -2.44. The minimum absolute atomic E-state index is 0.283. The van der Waals surface area contributed by atoms with Gasteiger partial charge in [-0.25, -0.2) is 0 Å². The van der Waals surface area contributed by atoms with Gasteiger partial charge in [-0.05, 0) is 12.1 Å². The molecule has 0 spiro atoms. The molecule has 0 unspecified atom stereocenters. The Morgan fingerprint density at radius 3 is 2.71 bits per heavy atom. The van der Waals surface area contributed by atoms with Crippen LogP contribution in [0.4, 0.5) is 0 Å². The van der Waals surface area contributed by atoms with Crippen LogP contribution in [0.25, 0.3) is 0 Å². The predicted molar refractivity (Wildman–Crippen MR) is 48.6 cm³/mol. The van der Waals surface area contributed by atoms with E-state index in [1.54, 1.807) is 0 Å². The van der Waals surface area contributed by atoms with E-state index in [1.165, 1.54) is 18.3 Å². The fraction of sp³-hybridized carbons (Fsp3) is 0.250. The molecular weight excluding hydrogens is 204 g/mol. The molecule has 74 valence electrons. The van der Waals surface area contributed by atoms with E-state index >= 15 is 0 Å². The van der Waals surface area contributed by atoms with Gasteiger partial charge in [-0.2, -0.15) is 13.7 Å². The average molecular weight is 212 g/mol. The first-order valence-corrected chi connectivity index (χ1v) is 5.28. The largest absolute Gasteiger partial charge is 0.273 e. The molecule has 0 saturated carbocycles. The smallest absolute Gasteiger partial charge is 0.272 e. The van der Waals surface area contributed by atoms with Crippen molar-refractivity contribution in [3.8, 4) is 6.07 Å². The zero-order valence-electron chi connectivity index (χ0n) is 7.47. The van der Waals surface area contributed by atoms with Crippen LogP contribution in [0.2, 0.25) is 0 Å². The molecule has 0 aliphatic rings. The maximum atomic E-state index is 11.0. The van der Waals surface area contributed by atoms with Gasteiger partial charge in [0.15, 0.2) is 0 Å². The minimum atomic E-state index is -3.54. The quantitative estimate of drug-likeness (QED) is 0.679. The fourth-order valence-corrected chi connectivity index (χ4v) is 1.47. The van der Waals surface area contributed by atoms with E-state index < -0.39 is 10.1 Å². The van der Waals surface area contributed by atoms with E-state index in [0.717, 1.165) is 7.11 Å². The third kappa shape index (κ3) is 2.80. The summed E-state index contributed by atoms with van der Waals surface area (Å²) >= 11 is 0. The average Bonchev–Trinajstić information content (AvgIpc) is 2.19. The van der Waals surface area contributed by atoms with Crippen LogP contribution in [0.1, 0.15) is 11.3 Å². The van der Waals surface area contributed by atoms with Gasteiger partial charge in [0, 0.05) is 6.20 Å². The van der Waals surface area contributed by atoms with Crippen molar-refractivity contribution in [2.75, 3.05) is 7.11 Å². The standard InChI is InChI=1S/C8H8N2O3S/c1-13-14(11,12)6-8-3-2-7(4-9)5-10-8/h2-3,5H,6H2,1H3. The Labute approximate surface area is 82.1 Å². The molecule has 1 aromatic heterocycles. The zero-order valence-corrected chi connectivity index (χ0v) is 8.28. The Balaban J connectivity index is 2.86. The Morgan fingerprint density at radius 2 is 2.29 bits per heavy atom. The van der Waals surface area contributed by atoms with E-state index in [1.807, 2.05) is 6.07 Å². The van der Waals surface area contributed by atoms with E-state index in [9.17, 15) is 8.42 Å². The van der Waals surface area contributed by atoms with Crippen LogP contribution < -0.4 is 0 Å². The highest BCUT2D eigenvalue weighted by Gasteiger charge is 2.10. The molecule has 0 aliphatic carbocycles. The molecule has 0 N–H and O–H groups in total. The number of pyridine rings is 1. The predicted octanol–water partition coefficient (Wildman–Crippen LogP) is 0.429. The second-order valence-electron chi connectivity index (χ2n) is 2.52. The molecule has 0 bridgehead atoms. The summed E-state index contributed by atoms with van der Waals surface area (Å²) in [4.78, 5) is 3.80. The molecule has 1 heterocycles. The summed E-state index contributed by atoms with van der Waals surface area (Å²) in [5, 5.41) is 8.47. The van der Waals surface area contributed by atoms with Gasteiger partial charge >= 0.3 is 0 Å². The Hall–Kier alpha value is -1.45. The summed E-state index contributed by atoms with van der Waals surface area (Å²) < 4.78 is 26.3. The van der Waals surface area contributed by atoms with E-state index in [0.29, 0.717) is 11.3 Å². The van der Waals surface area contributed by atoms with Crippen LogP contribution in [-0.4, -0.2) is 20.5 Å². The first kappa shape index (κ1) is 10.6. The summed E-state index contributed by atoms with van der Waals surface area (Å²) in [6.45, 7) is 0. The highest BCUT2D eigenvalue weighted by Crippen LogP contribution is 2.04. The molecule has 0 atom stereocenters. The number of nitrogens with zero attached hydrogens (tertiary/aromatic N) is 2. The summed E-state index contributed by atoms with van der Waals surface area (Å²) in [5.41, 5.74) is 0.745. The first-order valence-electron chi connectivity index (χ1n) is 3.71. The van der Waals surface area contributed by atoms with Crippen molar-refractivity contribution in [1.82, 2.24) is 4.98 Å². The number of rotatable bonds is 3. The van der Waals surface area contributed by atoms with Gasteiger partial charge in [0.05, 0.1) is 18.4 Å². The van der Waals surface area contributed by atoms with E-state index in [2.05, 4.69) is 9.17 Å². The van der Waals surface area contributed by atoms with Crippen molar-refractivity contribution in [3.05, 3.63) is 29.6 Å². The lowest BCUT2D eigenvalue weighted by atomic mass is 10.3. The van der Waals surface area contributed by atoms with Crippen LogP contribution in [0.15, 0.2) is 18.3 Å². The molecule has 1 rings (SSSR count). The molecule has 0 saturated heterocycles.